The van der Waals surface area contributed by atoms with Crippen molar-refractivity contribution in [3.63, 3.8) is 0 Å². The first-order chi connectivity index (χ1) is 17.3. The van der Waals surface area contributed by atoms with Gasteiger partial charge in [-0.1, -0.05) is 54.4 Å². The smallest absolute Gasteiger partial charge is 0.293 e. The van der Waals surface area contributed by atoms with Gasteiger partial charge in [0.15, 0.2) is 0 Å². The molecule has 9 heteroatoms. The van der Waals surface area contributed by atoms with E-state index in [0.29, 0.717) is 26.4 Å². The summed E-state index contributed by atoms with van der Waals surface area (Å²) in [5, 5.41) is 1.46. The van der Waals surface area contributed by atoms with Gasteiger partial charge in [-0.05, 0) is 60.4 Å². The molecule has 186 valence electrons. The number of halogens is 2. The second kappa shape index (κ2) is 10.3. The van der Waals surface area contributed by atoms with Gasteiger partial charge in [0.25, 0.3) is 11.1 Å². The number of piperidine rings is 1. The molecule has 3 heterocycles. The van der Waals surface area contributed by atoms with Crippen molar-refractivity contribution in [3.8, 4) is 0 Å². The third kappa shape index (κ3) is 5.05. The molecule has 0 N–H and O–H groups in total. The monoisotopic (exact) mass is 541 g/mol. The number of benzene rings is 2. The van der Waals surface area contributed by atoms with Crippen molar-refractivity contribution in [2.45, 2.75) is 32.9 Å². The first kappa shape index (κ1) is 24.9. The van der Waals surface area contributed by atoms with Crippen LogP contribution in [0.4, 0.5) is 4.79 Å². The molecule has 0 unspecified atom stereocenters. The van der Waals surface area contributed by atoms with Crippen molar-refractivity contribution in [2.75, 3.05) is 13.1 Å². The van der Waals surface area contributed by atoms with E-state index in [1.165, 1.54) is 4.90 Å². The van der Waals surface area contributed by atoms with Crippen LogP contribution < -0.4 is 0 Å². The molecule has 0 bridgehead atoms. The van der Waals surface area contributed by atoms with E-state index in [0.717, 1.165) is 54.2 Å². The number of imide groups is 1. The molecule has 0 spiro atoms. The number of hydrogen-bond donors (Lipinski definition) is 0. The lowest BCUT2D eigenvalue weighted by molar-refractivity contribution is -0.133. The van der Waals surface area contributed by atoms with Crippen molar-refractivity contribution < 1.29 is 14.4 Å². The predicted octanol–water partition coefficient (Wildman–Crippen LogP) is 6.44. The number of fused-ring (bicyclic) bond motifs is 1. The summed E-state index contributed by atoms with van der Waals surface area (Å²) in [6.07, 6.45) is 5.68. The molecule has 2 aromatic carbocycles. The molecule has 1 aromatic heterocycles. The lowest BCUT2D eigenvalue weighted by Gasteiger charge is -2.30. The zero-order valence-electron chi connectivity index (χ0n) is 19.7. The number of carbonyl (C=O) groups is 3. The highest BCUT2D eigenvalue weighted by Crippen LogP contribution is 2.36. The van der Waals surface area contributed by atoms with Gasteiger partial charge < -0.3 is 9.47 Å². The van der Waals surface area contributed by atoms with Crippen molar-refractivity contribution >= 4 is 69.0 Å². The molecule has 2 fully saturated rings. The van der Waals surface area contributed by atoms with Gasteiger partial charge in [-0.15, -0.1) is 0 Å². The van der Waals surface area contributed by atoms with Crippen LogP contribution in [-0.2, 0) is 22.7 Å². The first-order valence-electron chi connectivity index (χ1n) is 11.8. The molecule has 0 aliphatic carbocycles. The second-order valence-electron chi connectivity index (χ2n) is 9.30. The average Bonchev–Trinajstić information content (AvgIpc) is 3.33. The Kier molecular flexibility index (Phi) is 7.15. The maximum Gasteiger partial charge on any atom is 0.293 e. The third-order valence-corrected chi connectivity index (χ3v) is 8.26. The predicted molar refractivity (Wildman–Crippen MR) is 145 cm³/mol. The fourth-order valence-corrected chi connectivity index (χ4v) is 5.92. The normalized spacial score (nSPS) is 18.1. The Morgan fingerprint density at radius 2 is 1.86 bits per heavy atom. The molecular weight excluding hydrogens is 517 g/mol. The Morgan fingerprint density at radius 1 is 1.11 bits per heavy atom. The summed E-state index contributed by atoms with van der Waals surface area (Å²) in [6.45, 7) is 4.11. The molecular formula is C27H25Cl2N3O3S. The summed E-state index contributed by atoms with van der Waals surface area (Å²) in [5.74, 6) is 0.375. The van der Waals surface area contributed by atoms with Crippen LogP contribution in [-0.4, -0.2) is 44.5 Å². The van der Waals surface area contributed by atoms with Gasteiger partial charge in [0, 0.05) is 45.8 Å². The van der Waals surface area contributed by atoms with Crippen LogP contribution in [0, 0.1) is 5.92 Å². The molecule has 36 heavy (non-hydrogen) atoms. The zero-order valence-corrected chi connectivity index (χ0v) is 22.1. The molecule has 0 radical (unpaired) electrons. The molecule has 2 saturated heterocycles. The summed E-state index contributed by atoms with van der Waals surface area (Å²) >= 11 is 13.1. The molecule has 2 aliphatic rings. The van der Waals surface area contributed by atoms with Crippen LogP contribution in [0.1, 0.15) is 30.9 Å². The van der Waals surface area contributed by atoms with Crippen LogP contribution in [0.3, 0.4) is 0 Å². The summed E-state index contributed by atoms with van der Waals surface area (Å²) < 4.78 is 1.93. The van der Waals surface area contributed by atoms with Crippen molar-refractivity contribution in [1.29, 1.82) is 0 Å². The van der Waals surface area contributed by atoms with E-state index < -0.39 is 0 Å². The van der Waals surface area contributed by atoms with Crippen LogP contribution in [0.2, 0.25) is 10.0 Å². The largest absolute Gasteiger partial charge is 0.341 e. The Morgan fingerprint density at radius 3 is 2.61 bits per heavy atom. The van der Waals surface area contributed by atoms with Gasteiger partial charge in [-0.25, -0.2) is 0 Å². The van der Waals surface area contributed by atoms with E-state index in [4.69, 9.17) is 23.2 Å². The number of rotatable bonds is 5. The number of thioether (sulfide) groups is 1. The molecule has 0 atom stereocenters. The highest BCUT2D eigenvalue weighted by molar-refractivity contribution is 8.18. The topological polar surface area (TPSA) is 62.6 Å². The number of para-hydroxylation sites is 1. The molecule has 6 nitrogen and oxygen atoms in total. The summed E-state index contributed by atoms with van der Waals surface area (Å²) in [6, 6.07) is 12.8. The summed E-state index contributed by atoms with van der Waals surface area (Å²) in [5.41, 5.74) is 2.35. The summed E-state index contributed by atoms with van der Waals surface area (Å²) in [7, 11) is 0. The first-order valence-corrected chi connectivity index (χ1v) is 13.4. The third-order valence-electron chi connectivity index (χ3n) is 6.77. The Hall–Kier alpha value is -2.74. The van der Waals surface area contributed by atoms with Crippen LogP contribution in [0.5, 0.6) is 0 Å². The van der Waals surface area contributed by atoms with E-state index in [1.54, 1.807) is 24.3 Å². The summed E-state index contributed by atoms with van der Waals surface area (Å²) in [4.78, 5) is 42.3. The van der Waals surface area contributed by atoms with E-state index in [9.17, 15) is 14.4 Å². The maximum absolute atomic E-state index is 13.1. The van der Waals surface area contributed by atoms with Gasteiger partial charge in [-0.2, -0.15) is 0 Å². The SMILES string of the molecule is CC1CCN(C(=O)Cn2cc(/C=C3\SC(=O)N(Cc4ccc(Cl)cc4Cl)C3=O)c3ccccc32)CC1. The van der Waals surface area contributed by atoms with E-state index in [2.05, 4.69) is 6.92 Å². The highest BCUT2D eigenvalue weighted by Gasteiger charge is 2.35. The fourth-order valence-electron chi connectivity index (χ4n) is 4.62. The second-order valence-corrected chi connectivity index (χ2v) is 11.1. The quantitative estimate of drug-likeness (QED) is 0.348. The number of nitrogens with zero attached hydrogens (tertiary/aromatic N) is 3. The van der Waals surface area contributed by atoms with Crippen LogP contribution >= 0.6 is 35.0 Å². The van der Waals surface area contributed by atoms with Gasteiger partial charge in [-0.3, -0.25) is 19.3 Å². The standard InChI is InChI=1S/C27H25Cl2N3O3S/c1-17-8-10-30(11-9-17)25(33)16-31-14-19(21-4-2-3-5-23(21)31)12-24-26(34)32(27(35)36-24)15-18-6-7-20(28)13-22(18)29/h2-7,12-14,17H,8-11,15-16H2,1H3/b24-12-. The van der Waals surface area contributed by atoms with E-state index in [-0.39, 0.29) is 30.1 Å². The molecule has 0 saturated carbocycles. The van der Waals surface area contributed by atoms with Crippen molar-refractivity contribution in [3.05, 3.63) is 74.7 Å². The zero-order chi connectivity index (χ0) is 25.4. The van der Waals surface area contributed by atoms with Gasteiger partial charge >= 0.3 is 0 Å². The van der Waals surface area contributed by atoms with Crippen molar-refractivity contribution in [2.24, 2.45) is 5.92 Å². The van der Waals surface area contributed by atoms with Gasteiger partial charge in [0.05, 0.1) is 11.4 Å². The molecule has 3 aromatic rings. The minimum absolute atomic E-state index is 0.0721. The Labute approximate surface area is 223 Å². The van der Waals surface area contributed by atoms with Gasteiger partial charge in [0.2, 0.25) is 5.91 Å². The number of amides is 3. The average molecular weight is 542 g/mol. The maximum atomic E-state index is 13.1. The van der Waals surface area contributed by atoms with E-state index >= 15 is 0 Å². The number of aromatic nitrogens is 1. The van der Waals surface area contributed by atoms with E-state index in [1.807, 2.05) is 39.9 Å². The molecule has 2 aliphatic heterocycles. The minimum atomic E-state index is -0.369. The molecule has 3 amide bonds. The number of hydrogen-bond acceptors (Lipinski definition) is 4. The van der Waals surface area contributed by atoms with Crippen LogP contribution in [0.25, 0.3) is 17.0 Å². The minimum Gasteiger partial charge on any atom is -0.341 e. The molecule has 5 rings (SSSR count). The van der Waals surface area contributed by atoms with Gasteiger partial charge in [0.1, 0.15) is 6.54 Å². The lowest BCUT2D eigenvalue weighted by atomic mass is 9.99. The van der Waals surface area contributed by atoms with Crippen molar-refractivity contribution in [1.82, 2.24) is 14.4 Å². The number of likely N-dealkylation sites (tertiary alicyclic amines) is 1. The van der Waals surface area contributed by atoms with Crippen LogP contribution in [0.15, 0.2) is 53.6 Å². The lowest BCUT2D eigenvalue weighted by Crippen LogP contribution is -2.39. The fraction of sp³-hybridized carbons (Fsp3) is 0.296. The Balaban J connectivity index is 1.39. The Bertz CT molecular complexity index is 1390. The highest BCUT2D eigenvalue weighted by atomic mass is 35.5. The number of carbonyl (C=O) groups excluding carboxylic acids is 3.